The van der Waals surface area contributed by atoms with Crippen LogP contribution in [0.5, 0.6) is 0 Å². The summed E-state index contributed by atoms with van der Waals surface area (Å²) < 4.78 is 49.4. The number of Topliss-reactive ketones (excluding diaryl/α,β-unsaturated/α-hetero) is 3. The fourth-order valence-corrected chi connectivity index (χ4v) is 12.3. The smallest absolute Gasteiger partial charge is 0.329 e. The molecule has 16 heteroatoms. The van der Waals surface area contributed by atoms with Gasteiger partial charge in [0.15, 0.2) is 11.6 Å². The Morgan fingerprint density at radius 2 is 1.56 bits per heavy atom. The molecule has 15 atom stereocenters. The number of ketones is 3. The quantitative estimate of drug-likeness (QED) is 0.120. The van der Waals surface area contributed by atoms with Crippen LogP contribution in [0.3, 0.4) is 0 Å². The number of piperidine rings is 1. The summed E-state index contributed by atoms with van der Waals surface area (Å²) in [6.07, 6.45) is 12.3. The lowest BCUT2D eigenvalue weighted by atomic mass is 9.78. The number of esters is 1. The number of aliphatic hydroxyl groups is 2. The Morgan fingerprint density at radius 1 is 0.859 bits per heavy atom. The third kappa shape index (κ3) is 16.2. The SMILES string of the molecule is CCP(=O)(CC)O[C@@H]1CCC(C[C@@H](C)C2CC(=O)C(C)=CC(C)[C@@H](O)[C@@H](OC)C(=O)[C@H](C)C[C@H](C)C=CC=CC=C(C)[C@@H](OC)C[C@@H]3CC[C@@H](C)[C@@](O)(O3)C(=O)C(=O)N3CCCC[C@H]3C(=O)O2)C[C@H]1OC. The fraction of sp³-hybridized carbons (Fsp3) is 0.764. The largest absolute Gasteiger partial charge is 0.460 e. The molecule has 0 spiro atoms. The molecule has 0 aromatic heterocycles. The van der Waals surface area contributed by atoms with Gasteiger partial charge in [-0.15, -0.1) is 0 Å². The van der Waals surface area contributed by atoms with Gasteiger partial charge in [0.1, 0.15) is 18.2 Å². The van der Waals surface area contributed by atoms with Crippen molar-refractivity contribution >= 4 is 36.6 Å². The van der Waals surface area contributed by atoms with E-state index in [1.165, 1.54) is 12.0 Å². The lowest BCUT2D eigenvalue weighted by Crippen LogP contribution is -2.61. The highest BCUT2D eigenvalue weighted by atomic mass is 31.2. The molecule has 2 saturated heterocycles. The number of methoxy groups -OCH3 is 3. The van der Waals surface area contributed by atoms with Crippen LogP contribution < -0.4 is 0 Å². The summed E-state index contributed by atoms with van der Waals surface area (Å²) in [6.45, 7) is 16.5. The Bertz CT molecular complexity index is 1970. The number of carbonyl (C=O) groups excluding carboxylic acids is 5. The van der Waals surface area contributed by atoms with E-state index in [9.17, 15) is 38.8 Å². The molecule has 0 radical (unpaired) electrons. The van der Waals surface area contributed by atoms with Crippen LogP contribution in [0.1, 0.15) is 139 Å². The zero-order valence-electron chi connectivity index (χ0n) is 44.8. The molecule has 2 N–H and O–H groups in total. The van der Waals surface area contributed by atoms with E-state index in [-0.39, 0.29) is 60.9 Å². The number of allylic oxidation sites excluding steroid dienone is 6. The molecule has 0 aromatic rings. The second kappa shape index (κ2) is 28.0. The Hall–Kier alpha value is -3.14. The first-order chi connectivity index (χ1) is 33.6. The van der Waals surface area contributed by atoms with Gasteiger partial charge in [-0.1, -0.05) is 84.9 Å². The van der Waals surface area contributed by atoms with Crippen LogP contribution in [-0.2, 0) is 56.7 Å². The summed E-state index contributed by atoms with van der Waals surface area (Å²) in [6, 6.07) is -1.16. The van der Waals surface area contributed by atoms with Gasteiger partial charge in [0.2, 0.25) is 13.2 Å². The van der Waals surface area contributed by atoms with E-state index in [4.69, 9.17) is 28.2 Å². The summed E-state index contributed by atoms with van der Waals surface area (Å²) in [5.41, 5.74) is 1.18. The van der Waals surface area contributed by atoms with Gasteiger partial charge < -0.3 is 43.3 Å². The minimum Gasteiger partial charge on any atom is -0.460 e. The second-order valence-corrected chi connectivity index (χ2v) is 24.2. The molecule has 15 nitrogen and oxygen atoms in total. The zero-order valence-corrected chi connectivity index (χ0v) is 45.7. The maximum Gasteiger partial charge on any atom is 0.329 e. The number of cyclic esters (lactones) is 1. The molecule has 1 saturated carbocycles. The maximum atomic E-state index is 14.5. The predicted octanol–water partition coefficient (Wildman–Crippen LogP) is 8.52. The fourth-order valence-electron chi connectivity index (χ4n) is 10.9. The van der Waals surface area contributed by atoms with Crippen LogP contribution in [0.2, 0.25) is 0 Å². The van der Waals surface area contributed by atoms with Crippen molar-refractivity contribution in [3.05, 3.63) is 47.6 Å². The minimum atomic E-state index is -2.81. The van der Waals surface area contributed by atoms with Crippen LogP contribution >= 0.6 is 7.37 Å². The first-order valence-corrected chi connectivity index (χ1v) is 28.3. The van der Waals surface area contributed by atoms with Crippen molar-refractivity contribution in [3.8, 4) is 0 Å². The molecule has 402 valence electrons. The minimum absolute atomic E-state index is 0.0139. The maximum absolute atomic E-state index is 14.5. The number of carbonyl (C=O) groups is 5. The van der Waals surface area contributed by atoms with E-state index in [1.54, 1.807) is 41.1 Å². The van der Waals surface area contributed by atoms with Crippen LogP contribution in [0, 0.1) is 35.5 Å². The molecule has 3 fully saturated rings. The highest BCUT2D eigenvalue weighted by molar-refractivity contribution is 7.58. The summed E-state index contributed by atoms with van der Waals surface area (Å²) in [5, 5.41) is 23.5. The number of rotatable bonds is 10. The van der Waals surface area contributed by atoms with Crippen molar-refractivity contribution in [2.75, 3.05) is 40.2 Å². The summed E-state index contributed by atoms with van der Waals surface area (Å²) in [4.78, 5) is 72.4. The number of nitrogens with zero attached hydrogens (tertiary/aromatic N) is 1. The van der Waals surface area contributed by atoms with Crippen molar-refractivity contribution in [1.29, 1.82) is 0 Å². The van der Waals surface area contributed by atoms with Gasteiger partial charge in [-0.25, -0.2) is 4.79 Å². The Labute approximate surface area is 424 Å². The van der Waals surface area contributed by atoms with E-state index in [2.05, 4.69) is 0 Å². The monoisotopic (exact) mass is 1020 g/mol. The molecule has 3 aliphatic heterocycles. The van der Waals surface area contributed by atoms with E-state index in [0.29, 0.717) is 75.7 Å². The van der Waals surface area contributed by atoms with Gasteiger partial charge >= 0.3 is 5.97 Å². The van der Waals surface area contributed by atoms with Crippen molar-refractivity contribution < 1.29 is 67.0 Å². The Balaban J connectivity index is 1.70. The summed E-state index contributed by atoms with van der Waals surface area (Å²) in [7, 11) is 1.77. The highest BCUT2D eigenvalue weighted by Crippen LogP contribution is 2.50. The molecule has 4 rings (SSSR count). The molecule has 2 bridgehead atoms. The first-order valence-electron chi connectivity index (χ1n) is 26.3. The van der Waals surface area contributed by atoms with Gasteiger partial charge in [0, 0.05) is 70.8 Å². The molecule has 71 heavy (non-hydrogen) atoms. The summed E-state index contributed by atoms with van der Waals surface area (Å²) >= 11 is 0. The number of hydrogen-bond donors (Lipinski definition) is 2. The van der Waals surface area contributed by atoms with E-state index in [0.717, 1.165) is 12.0 Å². The van der Waals surface area contributed by atoms with Crippen LogP contribution in [0.25, 0.3) is 0 Å². The lowest BCUT2D eigenvalue weighted by Gasteiger charge is -2.42. The van der Waals surface area contributed by atoms with E-state index in [1.807, 2.05) is 71.9 Å². The molecule has 1 amide bonds. The average Bonchev–Trinajstić information content (AvgIpc) is 3.35. The number of fused-ring (bicyclic) bond motifs is 3. The lowest BCUT2D eigenvalue weighted by molar-refractivity contribution is -0.265. The second-order valence-electron chi connectivity index (χ2n) is 21.1. The molecule has 0 aromatic carbocycles. The molecular weight excluding hydrogens is 930 g/mol. The van der Waals surface area contributed by atoms with E-state index < -0.39 is 85.1 Å². The summed E-state index contributed by atoms with van der Waals surface area (Å²) in [5.74, 6) is -8.08. The Kier molecular flexibility index (Phi) is 23.8. The molecule has 3 unspecified atom stereocenters. The number of hydrogen-bond acceptors (Lipinski definition) is 14. The first kappa shape index (κ1) is 60.4. The van der Waals surface area contributed by atoms with Gasteiger partial charge in [0.25, 0.3) is 11.7 Å². The standard InChI is InChI=1S/C55H88NO14P/c1-13-71(64,14-2)70-45-26-24-41(31-48(45)66-11)30-37(6)47-33-44(57)36(5)29-39(8)50(59)51(67-12)49(58)38(7)28-34(3)20-16-15-17-21-35(4)46(65-10)32-42-25-23-40(9)55(63,69-42)52(60)53(61)56-27-19-18-22-43(56)54(62)68-47/h15-17,20-21,29,34,37-43,45-48,50-51,59,63H,13-14,18-19,22-28,30-33H2,1-12H3/t34-,37-,38-,39?,40-,41?,42+,43+,45-,46+,47?,48-,50-,51+,55-/m1/s1. The third-order valence-corrected chi connectivity index (χ3v) is 18.3. The normalized spacial score (nSPS) is 35.9. The van der Waals surface area contributed by atoms with Gasteiger partial charge in [0.05, 0.1) is 30.5 Å². The van der Waals surface area contributed by atoms with Gasteiger partial charge in [-0.2, -0.15) is 0 Å². The molecule has 3 heterocycles. The average molecular weight is 1020 g/mol. The van der Waals surface area contributed by atoms with Crippen LogP contribution in [0.15, 0.2) is 47.6 Å². The van der Waals surface area contributed by atoms with Crippen molar-refractivity contribution in [2.45, 2.75) is 194 Å². The molecule has 1 aliphatic carbocycles. The highest BCUT2D eigenvalue weighted by Gasteiger charge is 2.53. The van der Waals surface area contributed by atoms with Crippen molar-refractivity contribution in [3.63, 3.8) is 0 Å². The third-order valence-electron chi connectivity index (χ3n) is 15.8. The van der Waals surface area contributed by atoms with Crippen molar-refractivity contribution in [2.24, 2.45) is 35.5 Å². The number of ether oxygens (including phenoxy) is 5. The topological polar surface area (TPSA) is 201 Å². The zero-order chi connectivity index (χ0) is 52.8. The Morgan fingerprint density at radius 3 is 2.21 bits per heavy atom. The van der Waals surface area contributed by atoms with Gasteiger partial charge in [-0.3, -0.25) is 23.7 Å². The van der Waals surface area contributed by atoms with E-state index >= 15 is 0 Å². The van der Waals surface area contributed by atoms with Crippen LogP contribution in [-0.4, -0.2) is 139 Å². The number of aliphatic hydroxyl groups excluding tert-OH is 1. The van der Waals surface area contributed by atoms with Gasteiger partial charge in [-0.05, 0) is 107 Å². The predicted molar refractivity (Wildman–Crippen MR) is 273 cm³/mol. The molecular formula is C55H88NO14P. The number of amides is 1. The van der Waals surface area contributed by atoms with Crippen LogP contribution in [0.4, 0.5) is 0 Å². The molecule has 4 aliphatic rings. The van der Waals surface area contributed by atoms with Crippen molar-refractivity contribution in [1.82, 2.24) is 4.90 Å².